The first-order valence-corrected chi connectivity index (χ1v) is 9.30. The first-order valence-electron chi connectivity index (χ1n) is 9.30. The molecule has 0 aliphatic carbocycles. The van der Waals surface area contributed by atoms with E-state index in [2.05, 4.69) is 20.8 Å². The van der Waals surface area contributed by atoms with Gasteiger partial charge < -0.3 is 24.6 Å². The summed E-state index contributed by atoms with van der Waals surface area (Å²) in [6.07, 6.45) is 0. The molecule has 0 unspecified atom stereocenters. The summed E-state index contributed by atoms with van der Waals surface area (Å²) in [4.78, 5) is 38.8. The minimum atomic E-state index is -0.637. The molecule has 32 heavy (non-hydrogen) atoms. The molecule has 1 aromatic heterocycles. The van der Waals surface area contributed by atoms with Crippen molar-refractivity contribution in [2.45, 2.75) is 0 Å². The molecule has 2 aromatic carbocycles. The van der Waals surface area contributed by atoms with Gasteiger partial charge in [0.1, 0.15) is 5.56 Å². The average molecular weight is 441 g/mol. The lowest BCUT2D eigenvalue weighted by molar-refractivity contribution is -0.385. The summed E-state index contributed by atoms with van der Waals surface area (Å²) >= 11 is 0. The maximum Gasteiger partial charge on any atom is 0.316 e. The molecule has 2 amide bonds. The van der Waals surface area contributed by atoms with Crippen LogP contribution in [0, 0.1) is 10.1 Å². The Morgan fingerprint density at radius 3 is 2.41 bits per heavy atom. The van der Waals surface area contributed by atoms with E-state index in [1.807, 2.05) is 0 Å². The molecule has 12 heteroatoms. The van der Waals surface area contributed by atoms with Gasteiger partial charge in [0.2, 0.25) is 5.82 Å². The predicted octanol–water partition coefficient (Wildman–Crippen LogP) is 1.82. The predicted molar refractivity (Wildman–Crippen MR) is 111 cm³/mol. The number of rotatable bonds is 9. The monoisotopic (exact) mass is 441 g/mol. The van der Waals surface area contributed by atoms with Gasteiger partial charge in [-0.15, -0.1) is 0 Å². The van der Waals surface area contributed by atoms with Gasteiger partial charge in [0.05, 0.1) is 19.1 Å². The fourth-order valence-corrected chi connectivity index (χ4v) is 2.76. The standard InChI is InChI=1S/C20H19N5O7/c1-30-15-8-7-12(11-16(15)31-2)17-23-20(32-24-17)19(27)22-10-9-21-18(26)13-5-3-4-6-14(13)25(28)29/h3-8,11H,9-10H2,1-2H3,(H,21,26)(H,22,27). The minimum Gasteiger partial charge on any atom is -0.493 e. The second-order valence-electron chi connectivity index (χ2n) is 6.28. The Hall–Kier alpha value is -4.48. The van der Waals surface area contributed by atoms with Crippen LogP contribution >= 0.6 is 0 Å². The molecule has 3 rings (SSSR count). The van der Waals surface area contributed by atoms with Crippen LogP contribution in [0.4, 0.5) is 5.69 Å². The van der Waals surface area contributed by atoms with Gasteiger partial charge in [0.15, 0.2) is 11.5 Å². The normalized spacial score (nSPS) is 10.3. The van der Waals surface area contributed by atoms with E-state index in [4.69, 9.17) is 14.0 Å². The van der Waals surface area contributed by atoms with Gasteiger partial charge in [0.25, 0.3) is 11.6 Å². The van der Waals surface area contributed by atoms with Gasteiger partial charge in [-0.2, -0.15) is 4.98 Å². The minimum absolute atomic E-state index is 0.0350. The first-order chi connectivity index (χ1) is 15.4. The lowest BCUT2D eigenvalue weighted by Gasteiger charge is -2.07. The summed E-state index contributed by atoms with van der Waals surface area (Å²) in [6.45, 7) is 0.0760. The number of nitro benzene ring substituents is 1. The van der Waals surface area contributed by atoms with Crippen molar-refractivity contribution in [2.24, 2.45) is 0 Å². The summed E-state index contributed by atoms with van der Waals surface area (Å²) in [5.41, 5.74) is 0.185. The van der Waals surface area contributed by atoms with Gasteiger partial charge in [-0.05, 0) is 24.3 Å². The van der Waals surface area contributed by atoms with E-state index in [0.29, 0.717) is 17.1 Å². The van der Waals surface area contributed by atoms with Crippen molar-refractivity contribution in [3.8, 4) is 22.9 Å². The van der Waals surface area contributed by atoms with Crippen LogP contribution in [0.1, 0.15) is 21.0 Å². The number of para-hydroxylation sites is 1. The topological polar surface area (TPSA) is 159 Å². The number of nitro groups is 1. The Labute approximate surface area is 181 Å². The van der Waals surface area contributed by atoms with Crippen molar-refractivity contribution in [3.05, 3.63) is 64.0 Å². The highest BCUT2D eigenvalue weighted by Crippen LogP contribution is 2.31. The lowest BCUT2D eigenvalue weighted by Crippen LogP contribution is -2.35. The third-order valence-electron chi connectivity index (χ3n) is 4.30. The Morgan fingerprint density at radius 2 is 1.72 bits per heavy atom. The van der Waals surface area contributed by atoms with Crippen molar-refractivity contribution in [3.63, 3.8) is 0 Å². The van der Waals surface area contributed by atoms with Crippen LogP contribution in [0.3, 0.4) is 0 Å². The van der Waals surface area contributed by atoms with E-state index in [0.717, 1.165) is 0 Å². The van der Waals surface area contributed by atoms with Crippen molar-refractivity contribution < 1.29 is 28.5 Å². The number of benzene rings is 2. The number of carbonyl (C=O) groups is 2. The third kappa shape index (κ3) is 4.98. The van der Waals surface area contributed by atoms with Crippen LogP contribution in [0.5, 0.6) is 11.5 Å². The van der Waals surface area contributed by atoms with E-state index < -0.39 is 16.7 Å². The summed E-state index contributed by atoms with van der Waals surface area (Å²) < 4.78 is 15.4. The van der Waals surface area contributed by atoms with Gasteiger partial charge >= 0.3 is 11.8 Å². The van der Waals surface area contributed by atoms with Gasteiger partial charge in [0, 0.05) is 24.7 Å². The zero-order chi connectivity index (χ0) is 23.1. The van der Waals surface area contributed by atoms with Crippen molar-refractivity contribution >= 4 is 17.5 Å². The van der Waals surface area contributed by atoms with Crippen LogP contribution in [0.2, 0.25) is 0 Å². The highest BCUT2D eigenvalue weighted by atomic mass is 16.6. The molecule has 166 valence electrons. The van der Waals surface area contributed by atoms with E-state index >= 15 is 0 Å². The van der Waals surface area contributed by atoms with Crippen molar-refractivity contribution in [2.75, 3.05) is 27.3 Å². The maximum atomic E-state index is 12.2. The summed E-state index contributed by atoms with van der Waals surface area (Å²) in [6, 6.07) is 10.6. The van der Waals surface area contributed by atoms with Crippen LogP contribution < -0.4 is 20.1 Å². The summed E-state index contributed by atoms with van der Waals surface area (Å²) in [5.74, 6) is -0.347. The number of nitrogens with zero attached hydrogens (tertiary/aromatic N) is 3. The molecular formula is C20H19N5O7. The Bertz CT molecular complexity index is 1140. The number of hydrogen-bond donors (Lipinski definition) is 2. The quantitative estimate of drug-likeness (QED) is 0.287. The summed E-state index contributed by atoms with van der Waals surface area (Å²) in [5, 5.41) is 19.8. The van der Waals surface area contributed by atoms with Crippen LogP contribution in [-0.2, 0) is 0 Å². The number of carbonyl (C=O) groups excluding carboxylic acids is 2. The first kappa shape index (κ1) is 22.2. The molecule has 0 bridgehead atoms. The summed E-state index contributed by atoms with van der Waals surface area (Å²) in [7, 11) is 3.00. The highest BCUT2D eigenvalue weighted by Gasteiger charge is 2.20. The molecular weight excluding hydrogens is 422 g/mol. The number of nitrogens with one attached hydrogen (secondary N) is 2. The molecule has 0 aliphatic rings. The zero-order valence-corrected chi connectivity index (χ0v) is 17.2. The van der Waals surface area contributed by atoms with Crippen molar-refractivity contribution in [1.29, 1.82) is 0 Å². The molecule has 1 heterocycles. The molecule has 3 aromatic rings. The molecule has 0 spiro atoms. The average Bonchev–Trinajstić information content (AvgIpc) is 3.31. The molecule has 0 atom stereocenters. The zero-order valence-electron chi connectivity index (χ0n) is 17.2. The molecule has 0 saturated carbocycles. The number of hydrogen-bond acceptors (Lipinski definition) is 9. The fourth-order valence-electron chi connectivity index (χ4n) is 2.76. The van der Waals surface area contributed by atoms with E-state index in [1.54, 1.807) is 18.2 Å². The smallest absolute Gasteiger partial charge is 0.316 e. The van der Waals surface area contributed by atoms with Crippen LogP contribution in [0.15, 0.2) is 47.0 Å². The second kappa shape index (κ2) is 10.0. The number of aromatic nitrogens is 2. The number of amides is 2. The number of methoxy groups -OCH3 is 2. The molecule has 0 aliphatic heterocycles. The van der Waals surface area contributed by atoms with Crippen molar-refractivity contribution in [1.82, 2.24) is 20.8 Å². The Balaban J connectivity index is 1.55. The van der Waals surface area contributed by atoms with E-state index in [1.165, 1.54) is 38.5 Å². The highest BCUT2D eigenvalue weighted by molar-refractivity contribution is 5.98. The second-order valence-corrected chi connectivity index (χ2v) is 6.28. The Kier molecular flexibility index (Phi) is 6.95. The fraction of sp³-hybridized carbons (Fsp3) is 0.200. The molecule has 0 saturated heterocycles. The molecule has 0 fully saturated rings. The lowest BCUT2D eigenvalue weighted by atomic mass is 10.1. The number of ether oxygens (including phenoxy) is 2. The third-order valence-corrected chi connectivity index (χ3v) is 4.30. The van der Waals surface area contributed by atoms with Gasteiger partial charge in [-0.25, -0.2) is 0 Å². The van der Waals surface area contributed by atoms with Crippen LogP contribution in [-0.4, -0.2) is 54.2 Å². The molecule has 2 N–H and O–H groups in total. The Morgan fingerprint density at radius 1 is 1.03 bits per heavy atom. The van der Waals surface area contributed by atoms with E-state index in [-0.39, 0.29) is 36.1 Å². The largest absolute Gasteiger partial charge is 0.493 e. The van der Waals surface area contributed by atoms with Crippen LogP contribution in [0.25, 0.3) is 11.4 Å². The molecule has 0 radical (unpaired) electrons. The van der Waals surface area contributed by atoms with Gasteiger partial charge in [-0.3, -0.25) is 19.7 Å². The van der Waals surface area contributed by atoms with E-state index in [9.17, 15) is 19.7 Å². The SMILES string of the molecule is COc1ccc(-c2noc(C(=O)NCCNC(=O)c3ccccc3[N+](=O)[O-])n2)cc1OC. The van der Waals surface area contributed by atoms with Gasteiger partial charge in [-0.1, -0.05) is 17.3 Å². The maximum absolute atomic E-state index is 12.2. The molecule has 12 nitrogen and oxygen atoms in total.